The molecule has 1 rings (SSSR count). The second-order valence-electron chi connectivity index (χ2n) is 4.33. The van der Waals surface area contributed by atoms with Crippen molar-refractivity contribution in [1.82, 2.24) is 15.2 Å². The highest BCUT2D eigenvalue weighted by molar-refractivity contribution is 5.91. The molecular weight excluding hydrogens is 254 g/mol. The van der Waals surface area contributed by atoms with Crippen molar-refractivity contribution in [2.75, 3.05) is 19.6 Å². The quantitative estimate of drug-likeness (QED) is 0.467. The molecule has 0 saturated carbocycles. The second-order valence-corrected chi connectivity index (χ2v) is 4.33. The van der Waals surface area contributed by atoms with E-state index in [1.807, 2.05) is 30.9 Å². The number of hydrogen-bond acceptors (Lipinski definition) is 2. The number of nitrogens with one attached hydrogen (secondary N) is 1. The highest BCUT2D eigenvalue weighted by atomic mass is 16.2. The molecule has 0 saturated heterocycles. The number of amides is 2. The Balaban J connectivity index is 2.28. The number of pyridine rings is 1. The third-order valence-corrected chi connectivity index (χ3v) is 2.97. The molecule has 20 heavy (non-hydrogen) atoms. The van der Waals surface area contributed by atoms with E-state index in [4.69, 9.17) is 5.73 Å². The molecule has 1 aromatic rings. The molecule has 0 aliphatic carbocycles. The van der Waals surface area contributed by atoms with Crippen LogP contribution in [0.3, 0.4) is 0 Å². The van der Waals surface area contributed by atoms with Crippen LogP contribution in [0.1, 0.15) is 25.8 Å². The fourth-order valence-electron chi connectivity index (χ4n) is 1.80. The van der Waals surface area contributed by atoms with Crippen molar-refractivity contribution in [3.05, 3.63) is 30.1 Å². The van der Waals surface area contributed by atoms with Gasteiger partial charge in [0.25, 0.3) is 0 Å². The zero-order valence-electron chi connectivity index (χ0n) is 12.2. The van der Waals surface area contributed by atoms with E-state index in [-0.39, 0.29) is 12.0 Å². The van der Waals surface area contributed by atoms with Gasteiger partial charge in [0.1, 0.15) is 0 Å². The number of aliphatic imine (C=N–C) groups is 1. The van der Waals surface area contributed by atoms with E-state index < -0.39 is 0 Å². The summed E-state index contributed by atoms with van der Waals surface area (Å²) in [7, 11) is 0. The number of aryl methyl sites for hydroxylation is 1. The van der Waals surface area contributed by atoms with Gasteiger partial charge in [0, 0.05) is 32.0 Å². The van der Waals surface area contributed by atoms with Crippen molar-refractivity contribution in [3.63, 3.8) is 0 Å². The van der Waals surface area contributed by atoms with Gasteiger partial charge in [-0.2, -0.15) is 4.99 Å². The van der Waals surface area contributed by atoms with Gasteiger partial charge in [-0.05, 0) is 44.4 Å². The third kappa shape index (κ3) is 5.69. The maximum absolute atomic E-state index is 11.6. The van der Waals surface area contributed by atoms with Gasteiger partial charge in [-0.3, -0.25) is 4.98 Å². The highest BCUT2D eigenvalue weighted by Crippen LogP contribution is 1.99. The standard InChI is InChI=1S/C14H23N5O/c1-3-19(4-2)13(15)18-14(20)17-9-5-6-12-7-10-16-11-8-12/h7-8,10-11H,3-6,9H2,1-2H3,(H3,15,17,18,20). The average molecular weight is 277 g/mol. The topological polar surface area (TPSA) is 83.6 Å². The SMILES string of the molecule is CCN(CC)C(N)=NC(=O)NCCCc1ccncc1. The van der Waals surface area contributed by atoms with Crippen LogP contribution < -0.4 is 11.1 Å². The van der Waals surface area contributed by atoms with Gasteiger partial charge in [0.15, 0.2) is 0 Å². The summed E-state index contributed by atoms with van der Waals surface area (Å²) in [6, 6.07) is 3.56. The molecule has 110 valence electrons. The fraction of sp³-hybridized carbons (Fsp3) is 0.500. The molecule has 2 amide bonds. The van der Waals surface area contributed by atoms with E-state index in [1.54, 1.807) is 12.4 Å². The van der Waals surface area contributed by atoms with Crippen LogP contribution in [0.25, 0.3) is 0 Å². The molecule has 0 bridgehead atoms. The minimum atomic E-state index is -0.385. The lowest BCUT2D eigenvalue weighted by atomic mass is 10.1. The number of hydrogen-bond donors (Lipinski definition) is 2. The summed E-state index contributed by atoms with van der Waals surface area (Å²) in [6.07, 6.45) is 5.29. The van der Waals surface area contributed by atoms with Gasteiger partial charge in [-0.25, -0.2) is 4.79 Å². The Morgan fingerprint density at radius 1 is 1.35 bits per heavy atom. The Morgan fingerprint density at radius 3 is 2.60 bits per heavy atom. The molecule has 1 heterocycles. The van der Waals surface area contributed by atoms with Crippen LogP contribution in [0.15, 0.2) is 29.5 Å². The summed E-state index contributed by atoms with van der Waals surface area (Å²) in [5.74, 6) is 0.265. The summed E-state index contributed by atoms with van der Waals surface area (Å²) in [5, 5.41) is 2.74. The third-order valence-electron chi connectivity index (χ3n) is 2.97. The number of carbonyl (C=O) groups excluding carboxylic acids is 1. The van der Waals surface area contributed by atoms with Crippen molar-refractivity contribution < 1.29 is 4.79 Å². The van der Waals surface area contributed by atoms with Crippen LogP contribution in [-0.4, -0.2) is 41.5 Å². The van der Waals surface area contributed by atoms with Crippen LogP contribution in [0.5, 0.6) is 0 Å². The summed E-state index contributed by atoms with van der Waals surface area (Å²) >= 11 is 0. The zero-order chi connectivity index (χ0) is 14.8. The number of guanidine groups is 1. The Labute approximate surface area is 120 Å². The molecule has 6 heteroatoms. The van der Waals surface area contributed by atoms with Gasteiger partial charge in [-0.1, -0.05) is 0 Å². The Morgan fingerprint density at radius 2 is 2.00 bits per heavy atom. The van der Waals surface area contributed by atoms with Crippen molar-refractivity contribution in [2.45, 2.75) is 26.7 Å². The number of aromatic nitrogens is 1. The van der Waals surface area contributed by atoms with Crippen LogP contribution in [0.4, 0.5) is 4.79 Å². The first-order valence-corrected chi connectivity index (χ1v) is 6.93. The van der Waals surface area contributed by atoms with Crippen molar-refractivity contribution in [2.24, 2.45) is 10.7 Å². The van der Waals surface area contributed by atoms with Crippen LogP contribution >= 0.6 is 0 Å². The number of nitrogens with two attached hydrogens (primary N) is 1. The van der Waals surface area contributed by atoms with Crippen LogP contribution in [0, 0.1) is 0 Å². The lowest BCUT2D eigenvalue weighted by Gasteiger charge is -2.18. The molecule has 1 aromatic heterocycles. The molecule has 0 aliphatic heterocycles. The van der Waals surface area contributed by atoms with Crippen molar-refractivity contribution >= 4 is 12.0 Å². The zero-order valence-corrected chi connectivity index (χ0v) is 12.2. The molecule has 6 nitrogen and oxygen atoms in total. The van der Waals surface area contributed by atoms with E-state index in [1.165, 1.54) is 5.56 Å². The molecule has 0 aromatic carbocycles. The largest absolute Gasteiger partial charge is 0.369 e. The van der Waals surface area contributed by atoms with E-state index in [0.717, 1.165) is 25.9 Å². The second kappa shape index (κ2) is 8.90. The molecule has 0 unspecified atom stereocenters. The summed E-state index contributed by atoms with van der Waals surface area (Å²) in [4.78, 5) is 21.2. The lowest BCUT2D eigenvalue weighted by molar-refractivity contribution is 0.248. The van der Waals surface area contributed by atoms with Crippen molar-refractivity contribution in [3.8, 4) is 0 Å². The lowest BCUT2D eigenvalue weighted by Crippen LogP contribution is -2.38. The van der Waals surface area contributed by atoms with E-state index in [9.17, 15) is 4.79 Å². The Kier molecular flexibility index (Phi) is 7.10. The van der Waals surface area contributed by atoms with Crippen LogP contribution in [-0.2, 0) is 6.42 Å². The first-order valence-electron chi connectivity index (χ1n) is 6.93. The maximum atomic E-state index is 11.6. The first kappa shape index (κ1) is 15.9. The van der Waals surface area contributed by atoms with Gasteiger partial charge < -0.3 is 16.0 Å². The van der Waals surface area contributed by atoms with Gasteiger partial charge in [0.05, 0.1) is 0 Å². The highest BCUT2D eigenvalue weighted by Gasteiger charge is 2.05. The molecular formula is C14H23N5O. The van der Waals surface area contributed by atoms with E-state index in [2.05, 4.69) is 15.3 Å². The predicted molar refractivity (Wildman–Crippen MR) is 80.5 cm³/mol. The summed E-state index contributed by atoms with van der Waals surface area (Å²) in [5.41, 5.74) is 6.95. The van der Waals surface area contributed by atoms with E-state index in [0.29, 0.717) is 6.54 Å². The van der Waals surface area contributed by atoms with Gasteiger partial charge in [-0.15, -0.1) is 0 Å². The number of rotatable bonds is 6. The smallest absolute Gasteiger partial charge is 0.344 e. The summed E-state index contributed by atoms with van der Waals surface area (Å²) < 4.78 is 0. The minimum Gasteiger partial charge on any atom is -0.369 e. The van der Waals surface area contributed by atoms with Gasteiger partial charge >= 0.3 is 6.03 Å². The molecule has 0 aliphatic rings. The fourth-order valence-corrected chi connectivity index (χ4v) is 1.80. The monoisotopic (exact) mass is 277 g/mol. The Hall–Kier alpha value is -2.11. The maximum Gasteiger partial charge on any atom is 0.344 e. The van der Waals surface area contributed by atoms with Gasteiger partial charge in [0.2, 0.25) is 5.96 Å². The molecule has 0 fully saturated rings. The summed E-state index contributed by atoms with van der Waals surface area (Å²) in [6.45, 7) is 6.00. The molecule has 0 spiro atoms. The molecule has 3 N–H and O–H groups in total. The molecule has 0 atom stereocenters. The van der Waals surface area contributed by atoms with Crippen molar-refractivity contribution in [1.29, 1.82) is 0 Å². The van der Waals surface area contributed by atoms with E-state index >= 15 is 0 Å². The number of urea groups is 1. The predicted octanol–water partition coefficient (Wildman–Crippen LogP) is 1.38. The number of nitrogens with zero attached hydrogens (tertiary/aromatic N) is 3. The molecule has 0 radical (unpaired) electrons. The van der Waals surface area contributed by atoms with Crippen LogP contribution in [0.2, 0.25) is 0 Å². The number of carbonyl (C=O) groups is 1. The normalized spacial score (nSPS) is 11.2. The minimum absolute atomic E-state index is 0.265. The first-order chi connectivity index (χ1) is 9.67. The average Bonchev–Trinajstić information content (AvgIpc) is 2.46. The Bertz CT molecular complexity index is 428.